The number of nitro benzene ring substituents is 1. The smallest absolute Gasteiger partial charge is 0.269 e. The van der Waals surface area contributed by atoms with E-state index in [4.69, 9.17) is 0 Å². The van der Waals surface area contributed by atoms with Crippen LogP contribution < -0.4 is 5.32 Å². The summed E-state index contributed by atoms with van der Waals surface area (Å²) in [6.07, 6.45) is 5.52. The Bertz CT molecular complexity index is 813. The van der Waals surface area contributed by atoms with E-state index in [2.05, 4.69) is 42.6 Å². The lowest BCUT2D eigenvalue weighted by Crippen LogP contribution is -2.29. The molecule has 0 radical (unpaired) electrons. The molecule has 116 valence electrons. The van der Waals surface area contributed by atoms with E-state index in [1.807, 2.05) is 6.07 Å². The molecule has 0 bridgehead atoms. The van der Waals surface area contributed by atoms with Crippen molar-refractivity contribution in [3.8, 4) is 0 Å². The number of non-ortho nitro benzene ring substituents is 1. The second-order valence-corrected chi connectivity index (χ2v) is 6.37. The molecule has 1 aliphatic carbocycles. The number of hydrogen-bond donors (Lipinski definition) is 1. The van der Waals surface area contributed by atoms with Gasteiger partial charge in [-0.15, -0.1) is 0 Å². The third kappa shape index (κ3) is 2.22. The van der Waals surface area contributed by atoms with Crippen molar-refractivity contribution in [2.24, 2.45) is 5.92 Å². The minimum absolute atomic E-state index is 0.100. The van der Waals surface area contributed by atoms with Gasteiger partial charge in [0.2, 0.25) is 0 Å². The van der Waals surface area contributed by atoms with Crippen LogP contribution in [0.25, 0.3) is 0 Å². The fraction of sp³-hybridized carbons (Fsp3) is 0.263. The van der Waals surface area contributed by atoms with Crippen molar-refractivity contribution in [1.82, 2.24) is 0 Å². The Morgan fingerprint density at radius 2 is 2.04 bits per heavy atom. The molecule has 2 aromatic carbocycles. The van der Waals surface area contributed by atoms with Crippen LogP contribution >= 0.6 is 0 Å². The van der Waals surface area contributed by atoms with E-state index in [1.165, 1.54) is 16.8 Å². The summed E-state index contributed by atoms with van der Waals surface area (Å²) in [5.41, 5.74) is 4.88. The van der Waals surface area contributed by atoms with Gasteiger partial charge in [0.1, 0.15) is 0 Å². The van der Waals surface area contributed by atoms with E-state index in [-0.39, 0.29) is 16.7 Å². The van der Waals surface area contributed by atoms with E-state index in [9.17, 15) is 10.1 Å². The maximum absolute atomic E-state index is 11.1. The van der Waals surface area contributed by atoms with Gasteiger partial charge in [-0.05, 0) is 36.0 Å². The van der Waals surface area contributed by atoms with Gasteiger partial charge in [0.05, 0.1) is 11.0 Å². The van der Waals surface area contributed by atoms with Gasteiger partial charge in [-0.3, -0.25) is 10.1 Å². The number of allylic oxidation sites excluding steroid dienone is 2. The van der Waals surface area contributed by atoms with E-state index < -0.39 is 0 Å². The van der Waals surface area contributed by atoms with Crippen LogP contribution in [0.1, 0.15) is 35.1 Å². The molecule has 0 aromatic heterocycles. The number of nitrogens with one attached hydrogen (secondary N) is 1. The van der Waals surface area contributed by atoms with Gasteiger partial charge in [0.15, 0.2) is 0 Å². The van der Waals surface area contributed by atoms with Crippen molar-refractivity contribution in [1.29, 1.82) is 0 Å². The number of rotatable bonds is 2. The molecule has 2 aromatic rings. The average Bonchev–Trinajstić information content (AvgIpc) is 3.04. The quantitative estimate of drug-likeness (QED) is 0.496. The van der Waals surface area contributed by atoms with E-state index in [0.29, 0.717) is 11.8 Å². The van der Waals surface area contributed by atoms with Crippen LogP contribution in [0.2, 0.25) is 0 Å². The highest BCUT2D eigenvalue weighted by molar-refractivity contribution is 5.64. The largest absolute Gasteiger partial charge is 0.377 e. The van der Waals surface area contributed by atoms with Crippen LogP contribution in [0.4, 0.5) is 11.4 Å². The van der Waals surface area contributed by atoms with Crippen molar-refractivity contribution in [3.63, 3.8) is 0 Å². The SMILES string of the molecule is Cc1cccc2c1N[C@@H](c1cccc([N+](=O)[O-])c1)[C@H]1CC=C[C@H]21. The number of benzene rings is 2. The van der Waals surface area contributed by atoms with E-state index in [1.54, 1.807) is 18.2 Å². The topological polar surface area (TPSA) is 55.2 Å². The molecule has 23 heavy (non-hydrogen) atoms. The molecule has 2 aliphatic rings. The van der Waals surface area contributed by atoms with Crippen LogP contribution in [0, 0.1) is 23.0 Å². The van der Waals surface area contributed by atoms with Crippen molar-refractivity contribution in [2.75, 3.05) is 5.32 Å². The van der Waals surface area contributed by atoms with E-state index in [0.717, 1.165) is 12.0 Å². The molecule has 1 heterocycles. The first-order valence-electron chi connectivity index (χ1n) is 7.92. The second kappa shape index (κ2) is 5.23. The molecule has 0 unspecified atom stereocenters. The number of para-hydroxylation sites is 1. The summed E-state index contributed by atoms with van der Waals surface area (Å²) in [6, 6.07) is 13.5. The summed E-state index contributed by atoms with van der Waals surface area (Å²) in [5, 5.41) is 14.7. The minimum atomic E-state index is -0.324. The summed E-state index contributed by atoms with van der Waals surface area (Å²) in [6.45, 7) is 2.11. The highest BCUT2D eigenvalue weighted by Gasteiger charge is 2.38. The zero-order valence-electron chi connectivity index (χ0n) is 12.9. The number of anilines is 1. The average molecular weight is 306 g/mol. The van der Waals surface area contributed by atoms with Crippen LogP contribution in [0.5, 0.6) is 0 Å². The van der Waals surface area contributed by atoms with E-state index >= 15 is 0 Å². The predicted octanol–water partition coefficient (Wildman–Crippen LogP) is 4.73. The zero-order valence-corrected chi connectivity index (χ0v) is 12.9. The molecule has 0 spiro atoms. The van der Waals surface area contributed by atoms with Crippen LogP contribution in [-0.4, -0.2) is 4.92 Å². The molecule has 4 heteroatoms. The Morgan fingerprint density at radius 1 is 1.22 bits per heavy atom. The maximum Gasteiger partial charge on any atom is 0.269 e. The second-order valence-electron chi connectivity index (χ2n) is 6.37. The number of nitrogens with zero attached hydrogens (tertiary/aromatic N) is 1. The van der Waals surface area contributed by atoms with Crippen molar-refractivity contribution >= 4 is 11.4 Å². The number of fused-ring (bicyclic) bond motifs is 3. The highest BCUT2D eigenvalue weighted by Crippen LogP contribution is 2.50. The third-order valence-corrected chi connectivity index (χ3v) is 5.05. The summed E-state index contributed by atoms with van der Waals surface area (Å²) in [5.74, 6) is 0.793. The maximum atomic E-state index is 11.1. The highest BCUT2D eigenvalue weighted by atomic mass is 16.6. The van der Waals surface area contributed by atoms with Gasteiger partial charge in [-0.2, -0.15) is 0 Å². The Balaban J connectivity index is 1.80. The van der Waals surface area contributed by atoms with Gasteiger partial charge in [0.25, 0.3) is 5.69 Å². The van der Waals surface area contributed by atoms with Crippen LogP contribution in [-0.2, 0) is 0 Å². The summed E-state index contributed by atoms with van der Waals surface area (Å²) in [7, 11) is 0. The molecule has 1 aliphatic heterocycles. The summed E-state index contributed by atoms with van der Waals surface area (Å²) >= 11 is 0. The summed E-state index contributed by atoms with van der Waals surface area (Å²) in [4.78, 5) is 10.8. The molecule has 3 atom stereocenters. The molecular weight excluding hydrogens is 288 g/mol. The molecular formula is C19H18N2O2. The first kappa shape index (κ1) is 14.0. The Kier molecular flexibility index (Phi) is 3.18. The van der Waals surface area contributed by atoms with Gasteiger partial charge in [0, 0.05) is 23.7 Å². The van der Waals surface area contributed by atoms with Crippen molar-refractivity contribution in [3.05, 3.63) is 81.4 Å². The molecule has 0 amide bonds. The number of nitro groups is 1. The lowest BCUT2D eigenvalue weighted by Gasteiger charge is -2.38. The lowest BCUT2D eigenvalue weighted by molar-refractivity contribution is -0.384. The van der Waals surface area contributed by atoms with Crippen molar-refractivity contribution < 1.29 is 4.92 Å². The molecule has 0 fully saturated rings. The number of aryl methyl sites for hydroxylation is 1. The third-order valence-electron chi connectivity index (χ3n) is 5.05. The standard InChI is InChI=1S/C19H18N2O2/c1-12-5-2-9-16-15-8-4-10-17(15)19(20-18(12)16)13-6-3-7-14(11-13)21(22)23/h2-9,11,15,17,19-20H,10H2,1H3/t15-,17+,19+/m1/s1. The molecule has 0 saturated heterocycles. The van der Waals surface area contributed by atoms with Gasteiger partial charge < -0.3 is 5.32 Å². The first-order valence-corrected chi connectivity index (χ1v) is 7.92. The van der Waals surface area contributed by atoms with Gasteiger partial charge in [-0.25, -0.2) is 0 Å². The zero-order chi connectivity index (χ0) is 16.0. The van der Waals surface area contributed by atoms with Crippen LogP contribution in [0.15, 0.2) is 54.6 Å². The van der Waals surface area contributed by atoms with Gasteiger partial charge in [-0.1, -0.05) is 42.5 Å². The molecule has 0 saturated carbocycles. The van der Waals surface area contributed by atoms with Crippen LogP contribution in [0.3, 0.4) is 0 Å². The lowest BCUT2D eigenvalue weighted by atomic mass is 9.76. The summed E-state index contributed by atoms with van der Waals surface area (Å²) < 4.78 is 0. The Morgan fingerprint density at radius 3 is 2.87 bits per heavy atom. The first-order chi connectivity index (χ1) is 11.1. The minimum Gasteiger partial charge on any atom is -0.377 e. The molecule has 4 nitrogen and oxygen atoms in total. The fourth-order valence-electron chi connectivity index (χ4n) is 3.94. The van der Waals surface area contributed by atoms with Gasteiger partial charge >= 0.3 is 0 Å². The monoisotopic (exact) mass is 306 g/mol. The predicted molar refractivity (Wildman–Crippen MR) is 90.6 cm³/mol. The Labute approximate surface area is 135 Å². The number of hydrogen-bond acceptors (Lipinski definition) is 3. The van der Waals surface area contributed by atoms with Crippen molar-refractivity contribution in [2.45, 2.75) is 25.3 Å². The normalized spacial score (nSPS) is 24.7. The fourth-order valence-corrected chi connectivity index (χ4v) is 3.94. The molecule has 4 rings (SSSR count). The molecule has 1 N–H and O–H groups in total. The Hall–Kier alpha value is -2.62.